The molecule has 5 heteroatoms. The minimum absolute atomic E-state index is 0.221. The van der Waals surface area contributed by atoms with E-state index in [-0.39, 0.29) is 11.5 Å². The fraction of sp³-hybridized carbons (Fsp3) is 0.100. The third-order valence-corrected chi connectivity index (χ3v) is 2.36. The van der Waals surface area contributed by atoms with Crippen LogP contribution in [0.15, 0.2) is 23.0 Å². The Balaban J connectivity index is 2.99. The van der Waals surface area contributed by atoms with E-state index < -0.39 is 5.69 Å². The fourth-order valence-electron chi connectivity index (χ4n) is 1.41. The summed E-state index contributed by atoms with van der Waals surface area (Å²) in [7, 11) is 0. The number of aromatic amines is 1. The van der Waals surface area contributed by atoms with Gasteiger partial charge in [-0.1, -0.05) is 23.7 Å². The largest absolute Gasteiger partial charge is 0.346 e. The van der Waals surface area contributed by atoms with Gasteiger partial charge in [0, 0.05) is 12.3 Å². The first kappa shape index (κ1) is 9.86. The van der Waals surface area contributed by atoms with Crippen molar-refractivity contribution in [1.29, 1.82) is 0 Å². The van der Waals surface area contributed by atoms with E-state index in [0.29, 0.717) is 15.9 Å². The SMILES string of the molecule is CC(=O)c1[nH]c(=O)nc2c(Cl)cccc12. The maximum Gasteiger partial charge on any atom is 0.346 e. The number of carbonyl (C=O) groups is 1. The summed E-state index contributed by atoms with van der Waals surface area (Å²) in [6.07, 6.45) is 0. The predicted molar refractivity (Wildman–Crippen MR) is 57.4 cm³/mol. The van der Waals surface area contributed by atoms with Crippen molar-refractivity contribution in [3.05, 3.63) is 39.4 Å². The van der Waals surface area contributed by atoms with Crippen molar-refractivity contribution < 1.29 is 4.79 Å². The van der Waals surface area contributed by atoms with Crippen LogP contribution in [0.4, 0.5) is 0 Å². The molecule has 0 aliphatic carbocycles. The molecule has 0 atom stereocenters. The van der Waals surface area contributed by atoms with E-state index in [1.807, 2.05) is 0 Å². The number of halogens is 1. The molecule has 4 nitrogen and oxygen atoms in total. The fourth-order valence-corrected chi connectivity index (χ4v) is 1.63. The number of fused-ring (bicyclic) bond motifs is 1. The lowest BCUT2D eigenvalue weighted by Gasteiger charge is -2.02. The Kier molecular flexibility index (Phi) is 2.28. The van der Waals surface area contributed by atoms with Crippen LogP contribution in [0.1, 0.15) is 17.4 Å². The Morgan fingerprint density at radius 1 is 1.47 bits per heavy atom. The third kappa shape index (κ3) is 1.64. The number of rotatable bonds is 1. The number of hydrogen-bond donors (Lipinski definition) is 1. The number of hydrogen-bond acceptors (Lipinski definition) is 3. The van der Waals surface area contributed by atoms with Crippen LogP contribution in [-0.4, -0.2) is 15.8 Å². The van der Waals surface area contributed by atoms with Gasteiger partial charge in [0.1, 0.15) is 0 Å². The molecule has 1 heterocycles. The summed E-state index contributed by atoms with van der Waals surface area (Å²) in [5.74, 6) is -0.221. The summed E-state index contributed by atoms with van der Waals surface area (Å²) >= 11 is 5.88. The minimum Gasteiger partial charge on any atom is -0.302 e. The Labute approximate surface area is 89.9 Å². The highest BCUT2D eigenvalue weighted by molar-refractivity contribution is 6.35. The molecule has 0 amide bonds. The lowest BCUT2D eigenvalue weighted by atomic mass is 10.1. The molecule has 2 aromatic rings. The molecule has 0 fully saturated rings. The second-order valence-corrected chi connectivity index (χ2v) is 3.52. The minimum atomic E-state index is -0.569. The van der Waals surface area contributed by atoms with Crippen LogP contribution < -0.4 is 5.69 Å². The van der Waals surface area contributed by atoms with E-state index in [0.717, 1.165) is 0 Å². The molecular formula is C10H7ClN2O2. The van der Waals surface area contributed by atoms with Crippen molar-refractivity contribution in [1.82, 2.24) is 9.97 Å². The second-order valence-electron chi connectivity index (χ2n) is 3.11. The highest BCUT2D eigenvalue weighted by atomic mass is 35.5. The topological polar surface area (TPSA) is 62.8 Å². The average molecular weight is 223 g/mol. The van der Waals surface area contributed by atoms with Gasteiger partial charge < -0.3 is 4.98 Å². The number of carbonyl (C=O) groups excluding carboxylic acids is 1. The lowest BCUT2D eigenvalue weighted by molar-refractivity contribution is 0.101. The molecule has 76 valence electrons. The first-order valence-electron chi connectivity index (χ1n) is 4.29. The molecule has 0 saturated carbocycles. The maximum absolute atomic E-state index is 11.3. The molecule has 0 spiro atoms. The van der Waals surface area contributed by atoms with Crippen LogP contribution >= 0.6 is 11.6 Å². The monoisotopic (exact) mass is 222 g/mol. The van der Waals surface area contributed by atoms with Gasteiger partial charge in [0.2, 0.25) is 0 Å². The summed E-state index contributed by atoms with van der Waals surface area (Å²) in [5.41, 5.74) is 0.0291. The first-order valence-corrected chi connectivity index (χ1v) is 4.67. The van der Waals surface area contributed by atoms with E-state index in [1.165, 1.54) is 6.92 Å². The van der Waals surface area contributed by atoms with Crippen LogP contribution in [0.5, 0.6) is 0 Å². The van der Waals surface area contributed by atoms with Gasteiger partial charge in [0.25, 0.3) is 0 Å². The normalized spacial score (nSPS) is 10.5. The highest BCUT2D eigenvalue weighted by Crippen LogP contribution is 2.21. The zero-order chi connectivity index (χ0) is 11.0. The average Bonchev–Trinajstić information content (AvgIpc) is 2.18. The molecule has 15 heavy (non-hydrogen) atoms. The van der Waals surface area contributed by atoms with Gasteiger partial charge in [-0.15, -0.1) is 0 Å². The zero-order valence-corrected chi connectivity index (χ0v) is 8.63. The van der Waals surface area contributed by atoms with Crippen molar-refractivity contribution in [3.63, 3.8) is 0 Å². The molecule has 0 radical (unpaired) electrons. The highest BCUT2D eigenvalue weighted by Gasteiger charge is 2.10. The van der Waals surface area contributed by atoms with Gasteiger partial charge in [-0.2, -0.15) is 4.98 Å². The number of Topliss-reactive ketones (excluding diaryl/α,β-unsaturated/α-hetero) is 1. The summed E-state index contributed by atoms with van der Waals surface area (Å²) in [5, 5.41) is 0.927. The van der Waals surface area contributed by atoms with Crippen LogP contribution in [-0.2, 0) is 0 Å². The third-order valence-electron chi connectivity index (χ3n) is 2.05. The van der Waals surface area contributed by atoms with Gasteiger partial charge in [0.05, 0.1) is 16.2 Å². The number of nitrogens with zero attached hydrogens (tertiary/aromatic N) is 1. The van der Waals surface area contributed by atoms with E-state index in [1.54, 1.807) is 18.2 Å². The first-order chi connectivity index (χ1) is 7.09. The quantitative estimate of drug-likeness (QED) is 0.748. The number of para-hydroxylation sites is 1. The number of H-pyrrole nitrogens is 1. The number of ketones is 1. The van der Waals surface area contributed by atoms with Crippen LogP contribution in [0.2, 0.25) is 5.02 Å². The van der Waals surface area contributed by atoms with Crippen molar-refractivity contribution in [3.8, 4) is 0 Å². The van der Waals surface area contributed by atoms with E-state index in [4.69, 9.17) is 11.6 Å². The number of aromatic nitrogens is 2. The summed E-state index contributed by atoms with van der Waals surface area (Å²) in [4.78, 5) is 28.6. The Hall–Kier alpha value is -1.68. The molecule has 2 rings (SSSR count). The van der Waals surface area contributed by atoms with Crippen LogP contribution in [0.25, 0.3) is 10.9 Å². The van der Waals surface area contributed by atoms with Gasteiger partial charge in [-0.3, -0.25) is 4.79 Å². The molecule has 0 saturated heterocycles. The van der Waals surface area contributed by atoms with Crippen LogP contribution in [0.3, 0.4) is 0 Å². The molecule has 1 N–H and O–H groups in total. The van der Waals surface area contributed by atoms with Gasteiger partial charge in [-0.05, 0) is 6.07 Å². The molecular weight excluding hydrogens is 216 g/mol. The molecule has 0 bridgehead atoms. The van der Waals surface area contributed by atoms with E-state index >= 15 is 0 Å². The molecule has 0 unspecified atom stereocenters. The van der Waals surface area contributed by atoms with Crippen molar-refractivity contribution >= 4 is 28.3 Å². The number of nitrogens with one attached hydrogen (secondary N) is 1. The Bertz CT molecular complexity index is 604. The van der Waals surface area contributed by atoms with Crippen molar-refractivity contribution in [2.24, 2.45) is 0 Å². The molecule has 0 aliphatic rings. The van der Waals surface area contributed by atoms with E-state index in [2.05, 4.69) is 9.97 Å². The zero-order valence-electron chi connectivity index (χ0n) is 7.87. The van der Waals surface area contributed by atoms with Gasteiger partial charge in [0.15, 0.2) is 5.78 Å². The van der Waals surface area contributed by atoms with Crippen molar-refractivity contribution in [2.45, 2.75) is 6.92 Å². The predicted octanol–water partition coefficient (Wildman–Crippen LogP) is 1.78. The van der Waals surface area contributed by atoms with Crippen molar-refractivity contribution in [2.75, 3.05) is 0 Å². The number of benzene rings is 1. The summed E-state index contributed by atoms with van der Waals surface area (Å²) < 4.78 is 0. The van der Waals surface area contributed by atoms with Gasteiger partial charge >= 0.3 is 5.69 Å². The maximum atomic E-state index is 11.3. The standard InChI is InChI=1S/C10H7ClN2O2/c1-5(14)8-6-3-2-4-7(11)9(6)13-10(15)12-8/h2-4H,1H3,(H,12,13,15). The smallest absolute Gasteiger partial charge is 0.302 e. The lowest BCUT2D eigenvalue weighted by Crippen LogP contribution is -2.15. The molecule has 1 aromatic carbocycles. The molecule has 0 aliphatic heterocycles. The second kappa shape index (κ2) is 3.47. The van der Waals surface area contributed by atoms with Gasteiger partial charge in [-0.25, -0.2) is 4.79 Å². The van der Waals surface area contributed by atoms with Crippen LogP contribution in [0, 0.1) is 0 Å². The Morgan fingerprint density at radius 2 is 2.20 bits per heavy atom. The van der Waals surface area contributed by atoms with E-state index in [9.17, 15) is 9.59 Å². The Morgan fingerprint density at radius 3 is 2.87 bits per heavy atom. The molecule has 1 aromatic heterocycles. The summed E-state index contributed by atoms with van der Waals surface area (Å²) in [6, 6.07) is 5.03. The summed E-state index contributed by atoms with van der Waals surface area (Å²) in [6.45, 7) is 1.38.